The molecule has 49 heavy (non-hydrogen) atoms. The van der Waals surface area contributed by atoms with Crippen LogP contribution in [0.25, 0.3) is 11.4 Å². The van der Waals surface area contributed by atoms with Crippen molar-refractivity contribution in [2.45, 2.75) is 107 Å². The minimum Gasteiger partial charge on any atom is -0.372 e. The second-order valence-electron chi connectivity index (χ2n) is 10.8. The Morgan fingerprint density at radius 3 is 1.61 bits per heavy atom. The number of hydrogen-bond acceptors (Lipinski definition) is 5. The molecule has 0 saturated heterocycles. The fourth-order valence-corrected chi connectivity index (χ4v) is 4.05. The van der Waals surface area contributed by atoms with E-state index in [1.54, 1.807) is 41.4 Å². The molecule has 1 heterocycles. The third-order valence-corrected chi connectivity index (χ3v) is 6.75. The van der Waals surface area contributed by atoms with E-state index in [2.05, 4.69) is 26.4 Å². The molecular formula is C29H31F15N2O3. The van der Waals surface area contributed by atoms with E-state index >= 15 is 0 Å². The van der Waals surface area contributed by atoms with Crippen molar-refractivity contribution in [3.63, 3.8) is 0 Å². The highest BCUT2D eigenvalue weighted by atomic mass is 19.4. The molecule has 0 fully saturated rings. The zero-order chi connectivity index (χ0) is 37.4. The van der Waals surface area contributed by atoms with Crippen molar-refractivity contribution in [1.82, 2.24) is 9.97 Å². The highest BCUT2D eigenvalue weighted by Crippen LogP contribution is 2.56. The maximum absolute atomic E-state index is 13.7. The van der Waals surface area contributed by atoms with E-state index in [-0.39, 0.29) is 12.8 Å². The van der Waals surface area contributed by atoms with Gasteiger partial charge in [-0.25, -0.2) is 19.4 Å². The minimum atomic E-state index is -7.91. The summed E-state index contributed by atoms with van der Waals surface area (Å²) in [6.07, 6.45) is -23.7. The Balaban J connectivity index is 1.85. The van der Waals surface area contributed by atoms with E-state index in [9.17, 15) is 65.9 Å². The number of rotatable bonds is 21. The van der Waals surface area contributed by atoms with Crippen molar-refractivity contribution in [3.05, 3.63) is 47.8 Å². The van der Waals surface area contributed by atoms with Gasteiger partial charge in [-0.15, -0.1) is 0 Å². The van der Waals surface area contributed by atoms with Crippen molar-refractivity contribution in [1.29, 1.82) is 0 Å². The lowest BCUT2D eigenvalue weighted by Gasteiger charge is -2.36. The Morgan fingerprint density at radius 1 is 0.551 bits per heavy atom. The average molecular weight is 741 g/mol. The van der Waals surface area contributed by atoms with Crippen LogP contribution in [0, 0.1) is 0 Å². The summed E-state index contributed by atoms with van der Waals surface area (Å²) in [6, 6.07) is 6.59. The predicted octanol–water partition coefficient (Wildman–Crippen LogP) is 10.2. The number of aromatic nitrogens is 2. The van der Waals surface area contributed by atoms with Gasteiger partial charge in [0.05, 0.1) is 0 Å². The van der Waals surface area contributed by atoms with Gasteiger partial charge in [0.25, 0.3) is 0 Å². The molecule has 1 aromatic heterocycles. The first kappa shape index (κ1) is 42.3. The number of unbranched alkanes of at least 4 members (excludes halogenated alkanes) is 5. The highest BCUT2D eigenvalue weighted by molar-refractivity contribution is 5.55. The molecule has 0 radical (unpaired) electrons. The van der Waals surface area contributed by atoms with Crippen molar-refractivity contribution in [3.8, 4) is 11.4 Å². The summed E-state index contributed by atoms with van der Waals surface area (Å²) < 4.78 is 205. The fraction of sp³-hybridized carbons (Fsp3) is 0.655. The Hall–Kier alpha value is -2.87. The lowest BCUT2D eigenvalue weighted by atomic mass is 10.1. The molecule has 280 valence electrons. The number of aryl methyl sites for hydroxylation is 2. The molecule has 0 amide bonds. The summed E-state index contributed by atoms with van der Waals surface area (Å²) in [5.41, 5.74) is 2.27. The molecule has 0 aliphatic heterocycles. The van der Waals surface area contributed by atoms with Crippen LogP contribution in [0.5, 0.6) is 0 Å². The maximum Gasteiger partial charge on any atom is 0.460 e. The van der Waals surface area contributed by atoms with Crippen LogP contribution in [-0.4, -0.2) is 65.6 Å². The summed E-state index contributed by atoms with van der Waals surface area (Å²) >= 11 is 0. The first-order valence-electron chi connectivity index (χ1n) is 14.6. The van der Waals surface area contributed by atoms with Crippen molar-refractivity contribution < 1.29 is 80.1 Å². The van der Waals surface area contributed by atoms with Crippen LogP contribution in [0.4, 0.5) is 65.9 Å². The summed E-state index contributed by atoms with van der Waals surface area (Å²) in [4.78, 5) is 8.68. The van der Waals surface area contributed by atoms with E-state index in [0.717, 1.165) is 37.7 Å². The molecule has 0 spiro atoms. The lowest BCUT2D eigenvalue weighted by Crippen LogP contribution is -2.64. The quantitative estimate of drug-likeness (QED) is 0.0943. The van der Waals surface area contributed by atoms with Gasteiger partial charge in [-0.1, -0.05) is 63.3 Å². The molecule has 1 aromatic carbocycles. The summed E-state index contributed by atoms with van der Waals surface area (Å²) in [5.74, 6) is -15.3. The van der Waals surface area contributed by atoms with E-state index in [1.165, 1.54) is 12.8 Å². The Morgan fingerprint density at radius 2 is 1.06 bits per heavy atom. The van der Waals surface area contributed by atoms with Gasteiger partial charge in [0.2, 0.25) is 0 Å². The van der Waals surface area contributed by atoms with Crippen LogP contribution >= 0.6 is 0 Å². The molecule has 5 nitrogen and oxygen atoms in total. The molecule has 0 atom stereocenters. The number of halogens is 15. The Kier molecular flexibility index (Phi) is 14.2. The van der Waals surface area contributed by atoms with Crippen molar-refractivity contribution in [2.75, 3.05) is 13.2 Å². The zero-order valence-corrected chi connectivity index (χ0v) is 25.5. The SMILES string of the molecule is CCCCCCCCc1cnc(-c2ccc(CCCOCC(F)(F)OC(F)(F)C(F)(F)OC(F)(F)C(F)(F)C(F)(F)C(F)(F)F)cc2)nc1. The summed E-state index contributed by atoms with van der Waals surface area (Å²) in [7, 11) is 0. The van der Waals surface area contributed by atoms with Crippen LogP contribution in [-0.2, 0) is 27.1 Å². The van der Waals surface area contributed by atoms with E-state index in [1.807, 2.05) is 0 Å². The molecule has 20 heteroatoms. The largest absolute Gasteiger partial charge is 0.460 e. The number of benzene rings is 1. The molecule has 2 rings (SSSR count). The number of nitrogens with zero attached hydrogens (tertiary/aromatic N) is 2. The molecule has 2 aromatic rings. The van der Waals surface area contributed by atoms with Crippen LogP contribution < -0.4 is 0 Å². The van der Waals surface area contributed by atoms with Crippen molar-refractivity contribution in [2.24, 2.45) is 0 Å². The molecular weight excluding hydrogens is 709 g/mol. The van der Waals surface area contributed by atoms with Gasteiger partial charge in [0.1, 0.15) is 6.61 Å². The monoisotopic (exact) mass is 740 g/mol. The second kappa shape index (κ2) is 16.4. The van der Waals surface area contributed by atoms with Crippen LogP contribution in [0.3, 0.4) is 0 Å². The smallest absolute Gasteiger partial charge is 0.372 e. The van der Waals surface area contributed by atoms with Crippen LogP contribution in [0.15, 0.2) is 36.7 Å². The first-order chi connectivity index (χ1) is 22.4. The maximum atomic E-state index is 13.7. The van der Waals surface area contributed by atoms with E-state index in [4.69, 9.17) is 0 Å². The topological polar surface area (TPSA) is 53.5 Å². The van der Waals surface area contributed by atoms with E-state index in [0.29, 0.717) is 17.0 Å². The fourth-order valence-electron chi connectivity index (χ4n) is 4.05. The van der Waals surface area contributed by atoms with Gasteiger partial charge in [-0.2, -0.15) is 65.9 Å². The Bertz CT molecular complexity index is 1290. The van der Waals surface area contributed by atoms with Gasteiger partial charge in [0.15, 0.2) is 5.82 Å². The van der Waals surface area contributed by atoms with Gasteiger partial charge in [-0.05, 0) is 36.8 Å². The zero-order valence-electron chi connectivity index (χ0n) is 25.5. The van der Waals surface area contributed by atoms with E-state index < -0.39 is 55.7 Å². The third-order valence-electron chi connectivity index (χ3n) is 6.75. The number of alkyl halides is 15. The molecule has 0 bridgehead atoms. The minimum absolute atomic E-state index is 0.0660. The third kappa shape index (κ3) is 11.3. The van der Waals surface area contributed by atoms with Gasteiger partial charge < -0.3 is 4.74 Å². The van der Waals surface area contributed by atoms with Gasteiger partial charge >= 0.3 is 42.5 Å². The van der Waals surface area contributed by atoms with Crippen LogP contribution in [0.2, 0.25) is 0 Å². The van der Waals surface area contributed by atoms with Crippen molar-refractivity contribution >= 4 is 0 Å². The summed E-state index contributed by atoms with van der Waals surface area (Å²) in [6.45, 7) is -0.733. The predicted molar refractivity (Wildman–Crippen MR) is 142 cm³/mol. The van der Waals surface area contributed by atoms with Gasteiger partial charge in [-0.3, -0.25) is 0 Å². The van der Waals surface area contributed by atoms with Gasteiger partial charge in [0, 0.05) is 24.6 Å². The first-order valence-corrected chi connectivity index (χ1v) is 14.6. The summed E-state index contributed by atoms with van der Waals surface area (Å²) in [5, 5.41) is 0. The lowest BCUT2D eigenvalue weighted by molar-refractivity contribution is -0.543. The molecule has 0 aliphatic carbocycles. The molecule has 0 saturated carbocycles. The molecule has 0 aliphatic rings. The number of hydrogen-bond donors (Lipinski definition) is 0. The molecule has 0 N–H and O–H groups in total. The second-order valence-corrected chi connectivity index (χ2v) is 10.8. The van der Waals surface area contributed by atoms with Crippen LogP contribution in [0.1, 0.15) is 63.0 Å². The normalized spacial score (nSPS) is 14.0. The molecule has 0 unspecified atom stereocenters. The average Bonchev–Trinajstić information content (AvgIpc) is 2.97. The Labute approximate surface area is 270 Å². The standard InChI is InChI=1S/C29H31F15N2O3/c1-2-3-4-5-6-7-9-20-16-45-22(46-17-20)21-13-11-19(12-14-21)10-8-15-47-18-23(30,31)48-28(41,42)29(43,44)49-27(39,40)25(34,35)24(32,33)26(36,37)38/h11-14,16-17H,2-10,15,18H2,1H3. The highest BCUT2D eigenvalue weighted by Gasteiger charge is 2.85. The number of ether oxygens (including phenoxy) is 3.